The molecule has 0 spiro atoms. The Morgan fingerprint density at radius 2 is 1.78 bits per heavy atom. The van der Waals surface area contributed by atoms with Crippen LogP contribution in [0.5, 0.6) is 5.75 Å². The van der Waals surface area contributed by atoms with Gasteiger partial charge in [0, 0.05) is 5.56 Å². The summed E-state index contributed by atoms with van der Waals surface area (Å²) in [5, 5.41) is 0. The number of fused-ring (bicyclic) bond motifs is 1. The third kappa shape index (κ3) is 6.25. The van der Waals surface area contributed by atoms with Gasteiger partial charge in [-0.05, 0) is 105 Å². The summed E-state index contributed by atoms with van der Waals surface area (Å²) in [7, 11) is 0. The molecule has 0 aromatic heterocycles. The number of ether oxygens (including phenoxy) is 1. The Balaban J connectivity index is 1.42. The maximum atomic E-state index is 15.1. The van der Waals surface area contributed by atoms with E-state index >= 15 is 4.39 Å². The van der Waals surface area contributed by atoms with E-state index in [1.165, 1.54) is 37.8 Å². The van der Waals surface area contributed by atoms with Gasteiger partial charge in [-0.2, -0.15) is 0 Å². The lowest BCUT2D eigenvalue weighted by molar-refractivity contribution is 0.114. The average molecular weight is 493 g/mol. The fourth-order valence-corrected chi connectivity index (χ4v) is 5.93. The van der Waals surface area contributed by atoms with E-state index in [0.29, 0.717) is 23.0 Å². The second-order valence-electron chi connectivity index (χ2n) is 10.2. The summed E-state index contributed by atoms with van der Waals surface area (Å²) in [5.41, 5.74) is 0.831. The van der Waals surface area contributed by atoms with Gasteiger partial charge >= 0.3 is 0 Å². The predicted molar refractivity (Wildman–Crippen MR) is 139 cm³/mol. The molecule has 2 fully saturated rings. The fraction of sp³-hybridized carbons (Fsp3) is 0.438. The van der Waals surface area contributed by atoms with Crippen molar-refractivity contribution < 1.29 is 17.9 Å². The minimum Gasteiger partial charge on any atom is -0.486 e. The predicted octanol–water partition coefficient (Wildman–Crippen LogP) is 8.72. The van der Waals surface area contributed by atoms with Crippen molar-refractivity contribution in [3.63, 3.8) is 0 Å². The van der Waals surface area contributed by atoms with Gasteiger partial charge in [-0.3, -0.25) is 0 Å². The van der Waals surface area contributed by atoms with Crippen molar-refractivity contribution in [3.8, 4) is 17.6 Å². The van der Waals surface area contributed by atoms with Crippen molar-refractivity contribution in [2.24, 2.45) is 17.8 Å². The van der Waals surface area contributed by atoms with Gasteiger partial charge < -0.3 is 4.74 Å². The standard InChI is InChI=1S/C32H35F3O/c1-3-5-7-22-9-12-26-21-27(14-13-25(26)19-22)28-16-15-24(31(34)32(28)35)11-8-23-10-17-30(29(33)20-23)36-18-6-4-2/h3-4,6,10,15-17,20,22,25-27H,1,5,7,9,12-14,18-19,21H2,2H3/b6-4+. The van der Waals surface area contributed by atoms with E-state index in [1.54, 1.807) is 24.3 Å². The topological polar surface area (TPSA) is 9.23 Å². The Hall–Kier alpha value is -2.93. The molecule has 4 atom stereocenters. The Morgan fingerprint density at radius 3 is 2.56 bits per heavy atom. The maximum absolute atomic E-state index is 15.1. The first kappa shape index (κ1) is 26.1. The first-order valence-electron chi connectivity index (χ1n) is 13.1. The van der Waals surface area contributed by atoms with Gasteiger partial charge in [-0.1, -0.05) is 42.6 Å². The zero-order valence-electron chi connectivity index (χ0n) is 21.0. The lowest BCUT2D eigenvalue weighted by Gasteiger charge is -2.42. The van der Waals surface area contributed by atoms with Gasteiger partial charge in [-0.15, -0.1) is 6.58 Å². The summed E-state index contributed by atoms with van der Waals surface area (Å²) >= 11 is 0. The first-order valence-corrected chi connectivity index (χ1v) is 13.1. The quantitative estimate of drug-likeness (QED) is 0.277. The molecule has 1 nitrogen and oxygen atoms in total. The van der Waals surface area contributed by atoms with Gasteiger partial charge in [0.2, 0.25) is 0 Å². The molecule has 2 aliphatic rings. The lowest BCUT2D eigenvalue weighted by atomic mass is 9.63. The zero-order chi connectivity index (χ0) is 25.5. The van der Waals surface area contributed by atoms with Crippen molar-refractivity contribution >= 4 is 0 Å². The molecule has 2 saturated carbocycles. The first-order chi connectivity index (χ1) is 17.5. The van der Waals surface area contributed by atoms with E-state index in [9.17, 15) is 8.78 Å². The molecule has 0 saturated heterocycles. The zero-order valence-corrected chi connectivity index (χ0v) is 21.0. The molecule has 0 radical (unpaired) electrons. The molecule has 0 aliphatic heterocycles. The highest BCUT2D eigenvalue weighted by molar-refractivity contribution is 5.46. The van der Waals surface area contributed by atoms with E-state index in [-0.39, 0.29) is 23.8 Å². The largest absolute Gasteiger partial charge is 0.486 e. The summed E-state index contributed by atoms with van der Waals surface area (Å²) in [6, 6.07) is 7.59. The molecular weight excluding hydrogens is 457 g/mol. The molecule has 190 valence electrons. The third-order valence-corrected chi connectivity index (χ3v) is 7.90. The number of hydrogen-bond donors (Lipinski definition) is 0. The van der Waals surface area contributed by atoms with Gasteiger partial charge in [0.15, 0.2) is 23.2 Å². The molecular formula is C32H35F3O. The summed E-state index contributed by atoms with van der Waals surface area (Å²) in [6.07, 6.45) is 14.5. The minimum atomic E-state index is -0.915. The maximum Gasteiger partial charge on any atom is 0.174 e. The SMILES string of the molecule is C=CCCC1CCC2CC(c3ccc(C#Cc4ccc(OC/C=C/C)c(F)c4)c(F)c3F)CCC2C1. The van der Waals surface area contributed by atoms with Crippen molar-refractivity contribution in [1.29, 1.82) is 0 Å². The summed E-state index contributed by atoms with van der Waals surface area (Å²) < 4.78 is 49.7. The van der Waals surface area contributed by atoms with Crippen molar-refractivity contribution in [2.45, 2.75) is 64.2 Å². The molecule has 4 rings (SSSR count). The molecule has 0 amide bonds. The van der Waals surface area contributed by atoms with Crippen LogP contribution in [0.15, 0.2) is 55.1 Å². The number of hydrogen-bond acceptors (Lipinski definition) is 1. The van der Waals surface area contributed by atoms with Crippen LogP contribution in [-0.4, -0.2) is 6.61 Å². The second kappa shape index (κ2) is 12.3. The van der Waals surface area contributed by atoms with Gasteiger partial charge in [0.1, 0.15) is 6.61 Å². The van der Waals surface area contributed by atoms with E-state index in [1.807, 2.05) is 19.1 Å². The Bertz CT molecular complexity index is 1160. The molecule has 2 aliphatic carbocycles. The van der Waals surface area contributed by atoms with Crippen LogP contribution < -0.4 is 4.74 Å². The molecule has 2 aromatic carbocycles. The van der Waals surface area contributed by atoms with Crippen LogP contribution in [0.2, 0.25) is 0 Å². The number of allylic oxidation sites excluding steroid dienone is 2. The number of benzene rings is 2. The molecule has 0 N–H and O–H groups in total. The third-order valence-electron chi connectivity index (χ3n) is 7.90. The van der Waals surface area contributed by atoms with Crippen LogP contribution in [0, 0.1) is 47.0 Å². The summed E-state index contributed by atoms with van der Waals surface area (Å²) in [5.74, 6) is 5.45. The average Bonchev–Trinajstić information content (AvgIpc) is 2.89. The van der Waals surface area contributed by atoms with Crippen LogP contribution in [0.25, 0.3) is 0 Å². The van der Waals surface area contributed by atoms with Crippen LogP contribution in [0.3, 0.4) is 0 Å². The van der Waals surface area contributed by atoms with E-state index in [2.05, 4.69) is 18.4 Å². The van der Waals surface area contributed by atoms with Crippen LogP contribution in [-0.2, 0) is 0 Å². The lowest BCUT2D eigenvalue weighted by Crippen LogP contribution is -2.30. The van der Waals surface area contributed by atoms with E-state index in [4.69, 9.17) is 4.74 Å². The highest BCUT2D eigenvalue weighted by atomic mass is 19.2. The van der Waals surface area contributed by atoms with Crippen molar-refractivity contribution in [1.82, 2.24) is 0 Å². The van der Waals surface area contributed by atoms with Crippen molar-refractivity contribution in [3.05, 3.63) is 89.3 Å². The van der Waals surface area contributed by atoms with Crippen LogP contribution >= 0.6 is 0 Å². The van der Waals surface area contributed by atoms with Gasteiger partial charge in [-0.25, -0.2) is 13.2 Å². The van der Waals surface area contributed by atoms with Crippen molar-refractivity contribution in [2.75, 3.05) is 6.61 Å². The fourth-order valence-electron chi connectivity index (χ4n) is 5.93. The molecule has 36 heavy (non-hydrogen) atoms. The number of halogens is 3. The van der Waals surface area contributed by atoms with Crippen LogP contribution in [0.1, 0.15) is 80.9 Å². The minimum absolute atomic E-state index is 0.0125. The smallest absolute Gasteiger partial charge is 0.174 e. The Labute approximate surface area is 213 Å². The highest BCUT2D eigenvalue weighted by Crippen LogP contribution is 2.48. The molecule has 4 heteroatoms. The molecule has 0 heterocycles. The number of rotatable bonds is 7. The van der Waals surface area contributed by atoms with Gasteiger partial charge in [0.05, 0.1) is 5.56 Å². The second-order valence-corrected chi connectivity index (χ2v) is 10.2. The Morgan fingerprint density at radius 1 is 0.972 bits per heavy atom. The normalized spacial score (nSPS) is 23.6. The summed E-state index contributed by atoms with van der Waals surface area (Å²) in [4.78, 5) is 0. The molecule has 0 bridgehead atoms. The molecule has 4 unspecified atom stereocenters. The monoisotopic (exact) mass is 492 g/mol. The van der Waals surface area contributed by atoms with Crippen LogP contribution in [0.4, 0.5) is 13.2 Å². The van der Waals surface area contributed by atoms with Gasteiger partial charge in [0.25, 0.3) is 0 Å². The highest BCUT2D eigenvalue weighted by Gasteiger charge is 2.36. The van der Waals surface area contributed by atoms with E-state index in [0.717, 1.165) is 31.6 Å². The van der Waals surface area contributed by atoms with E-state index < -0.39 is 17.5 Å². The summed E-state index contributed by atoms with van der Waals surface area (Å²) in [6.45, 7) is 5.97. The Kier molecular flexibility index (Phi) is 8.97. The molecule has 2 aromatic rings.